The summed E-state index contributed by atoms with van der Waals surface area (Å²) < 4.78 is 10.6. The fourth-order valence-electron chi connectivity index (χ4n) is 4.07. The lowest BCUT2D eigenvalue weighted by molar-refractivity contribution is 0.102. The number of aromatic nitrogens is 1. The van der Waals surface area contributed by atoms with Crippen LogP contribution in [0.25, 0.3) is 0 Å². The van der Waals surface area contributed by atoms with Crippen molar-refractivity contribution < 1.29 is 13.9 Å². The highest BCUT2D eigenvalue weighted by Gasteiger charge is 2.47. The van der Waals surface area contributed by atoms with Gasteiger partial charge in [0.15, 0.2) is 11.6 Å². The molecule has 0 saturated carbocycles. The highest BCUT2D eigenvalue weighted by Crippen LogP contribution is 2.49. The number of oxazole rings is 1. The van der Waals surface area contributed by atoms with E-state index in [9.17, 15) is 4.79 Å². The zero-order chi connectivity index (χ0) is 18.5. The summed E-state index contributed by atoms with van der Waals surface area (Å²) in [7, 11) is 0. The Morgan fingerprint density at radius 3 is 2.81 bits per heavy atom. The summed E-state index contributed by atoms with van der Waals surface area (Å²) in [6.07, 6.45) is 3.13. The third-order valence-corrected chi connectivity index (χ3v) is 4.94. The standard InChI is InChI=1S/C19H22N4O3/c1-11-21-15(8-25-11)16(24)22-13-5-4-12-7-18(2,3)9-19(14(12)6-13)10-26-17(20)23-19/h4-6,8H,7,9-10H2,1-3H3,(H2,20,23)(H,22,24). The van der Waals surface area contributed by atoms with Crippen LogP contribution in [0.5, 0.6) is 0 Å². The van der Waals surface area contributed by atoms with Crippen molar-refractivity contribution in [3.63, 3.8) is 0 Å². The third-order valence-electron chi connectivity index (χ3n) is 4.94. The molecule has 1 aromatic carbocycles. The van der Waals surface area contributed by atoms with Gasteiger partial charge < -0.3 is 20.2 Å². The van der Waals surface area contributed by atoms with E-state index in [1.807, 2.05) is 18.2 Å². The number of fused-ring (bicyclic) bond motifs is 2. The number of benzene rings is 1. The van der Waals surface area contributed by atoms with Crippen LogP contribution in [0.2, 0.25) is 0 Å². The van der Waals surface area contributed by atoms with Crippen LogP contribution in [0.4, 0.5) is 5.69 Å². The molecule has 0 bridgehead atoms. The van der Waals surface area contributed by atoms with Crippen LogP contribution >= 0.6 is 0 Å². The Kier molecular flexibility index (Phi) is 3.57. The average Bonchev–Trinajstić information content (AvgIpc) is 3.14. The van der Waals surface area contributed by atoms with Crippen molar-refractivity contribution in [2.45, 2.75) is 39.2 Å². The number of nitrogens with zero attached hydrogens (tertiary/aromatic N) is 2. The van der Waals surface area contributed by atoms with E-state index >= 15 is 0 Å². The molecule has 7 nitrogen and oxygen atoms in total. The van der Waals surface area contributed by atoms with Crippen LogP contribution in [0.3, 0.4) is 0 Å². The number of hydrogen-bond acceptors (Lipinski definition) is 6. The molecule has 3 N–H and O–H groups in total. The first-order valence-corrected chi connectivity index (χ1v) is 8.61. The molecule has 0 fully saturated rings. The molecule has 1 unspecified atom stereocenters. The molecular formula is C19H22N4O3. The number of amides is 1. The summed E-state index contributed by atoms with van der Waals surface area (Å²) in [4.78, 5) is 21.0. The molecule has 136 valence electrons. The molecule has 1 aliphatic heterocycles. The molecule has 2 aliphatic rings. The molecule has 7 heteroatoms. The Hall–Kier alpha value is -2.83. The first kappa shape index (κ1) is 16.6. The molecule has 26 heavy (non-hydrogen) atoms. The fourth-order valence-corrected chi connectivity index (χ4v) is 4.07. The van der Waals surface area contributed by atoms with Crippen molar-refractivity contribution in [1.82, 2.24) is 4.98 Å². The lowest BCUT2D eigenvalue weighted by Gasteiger charge is -2.41. The SMILES string of the molecule is Cc1nc(C(=O)Nc2ccc3c(c2)C2(COC(N)=N2)CC(C)(C)C3)co1. The summed E-state index contributed by atoms with van der Waals surface area (Å²) >= 11 is 0. The average molecular weight is 354 g/mol. The van der Waals surface area contributed by atoms with Gasteiger partial charge >= 0.3 is 0 Å². The molecule has 1 aliphatic carbocycles. The molecule has 2 aromatic rings. The number of aryl methyl sites for hydroxylation is 1. The van der Waals surface area contributed by atoms with Gasteiger partial charge in [0.05, 0.1) is 0 Å². The van der Waals surface area contributed by atoms with E-state index in [0.717, 1.165) is 18.4 Å². The maximum Gasteiger partial charge on any atom is 0.283 e. The van der Waals surface area contributed by atoms with Crippen molar-refractivity contribution >= 4 is 17.6 Å². The number of aliphatic imine (C=N–C) groups is 1. The van der Waals surface area contributed by atoms with Gasteiger partial charge in [-0.05, 0) is 41.5 Å². The summed E-state index contributed by atoms with van der Waals surface area (Å²) in [6.45, 7) is 6.58. The van der Waals surface area contributed by atoms with Crippen LogP contribution in [0.1, 0.15) is 47.8 Å². The highest BCUT2D eigenvalue weighted by molar-refractivity contribution is 6.02. The van der Waals surface area contributed by atoms with E-state index < -0.39 is 5.54 Å². The van der Waals surface area contributed by atoms with Gasteiger partial charge in [-0.3, -0.25) is 4.79 Å². The predicted molar refractivity (Wildman–Crippen MR) is 97.0 cm³/mol. The highest BCUT2D eigenvalue weighted by atomic mass is 16.5. The Bertz CT molecular complexity index is 915. The van der Waals surface area contributed by atoms with E-state index in [2.05, 4.69) is 29.1 Å². The van der Waals surface area contributed by atoms with Crippen LogP contribution < -0.4 is 11.1 Å². The first-order chi connectivity index (χ1) is 12.3. The molecule has 1 spiro atoms. The molecule has 4 rings (SSSR count). The predicted octanol–water partition coefficient (Wildman–Crippen LogP) is 2.75. The van der Waals surface area contributed by atoms with Gasteiger partial charge in [0.25, 0.3) is 11.9 Å². The van der Waals surface area contributed by atoms with E-state index in [4.69, 9.17) is 14.9 Å². The minimum absolute atomic E-state index is 0.0908. The normalized spacial score (nSPS) is 23.3. The van der Waals surface area contributed by atoms with Gasteiger partial charge in [-0.15, -0.1) is 0 Å². The number of nitrogens with one attached hydrogen (secondary N) is 1. The Labute approximate surface area is 151 Å². The zero-order valence-electron chi connectivity index (χ0n) is 15.1. The number of hydrogen-bond donors (Lipinski definition) is 2. The number of rotatable bonds is 2. The van der Waals surface area contributed by atoms with Gasteiger partial charge in [0.1, 0.15) is 18.4 Å². The Morgan fingerprint density at radius 2 is 2.15 bits per heavy atom. The molecule has 1 atom stereocenters. The van der Waals surface area contributed by atoms with Gasteiger partial charge in [0, 0.05) is 12.6 Å². The van der Waals surface area contributed by atoms with Gasteiger partial charge in [0.2, 0.25) is 0 Å². The fraction of sp³-hybridized carbons (Fsp3) is 0.421. The van der Waals surface area contributed by atoms with E-state index in [1.165, 1.54) is 11.8 Å². The van der Waals surface area contributed by atoms with Crippen LogP contribution in [0.15, 0.2) is 33.9 Å². The number of carbonyl (C=O) groups excluding carboxylic acids is 1. The van der Waals surface area contributed by atoms with Gasteiger partial charge in [-0.2, -0.15) is 0 Å². The zero-order valence-corrected chi connectivity index (χ0v) is 15.1. The van der Waals surface area contributed by atoms with Crippen molar-refractivity contribution in [2.75, 3.05) is 11.9 Å². The van der Waals surface area contributed by atoms with Crippen molar-refractivity contribution in [1.29, 1.82) is 0 Å². The largest absolute Gasteiger partial charge is 0.462 e. The minimum Gasteiger partial charge on any atom is -0.462 e. The number of nitrogens with two attached hydrogens (primary N) is 1. The molecular weight excluding hydrogens is 332 g/mol. The van der Waals surface area contributed by atoms with Crippen LogP contribution in [0, 0.1) is 12.3 Å². The Morgan fingerprint density at radius 1 is 1.35 bits per heavy atom. The van der Waals surface area contributed by atoms with Crippen molar-refractivity contribution in [2.24, 2.45) is 16.1 Å². The molecule has 0 radical (unpaired) electrons. The summed E-state index contributed by atoms with van der Waals surface area (Å²) in [5.74, 6) is 0.146. The number of carbonyl (C=O) groups is 1. The van der Waals surface area contributed by atoms with E-state index in [0.29, 0.717) is 18.2 Å². The maximum atomic E-state index is 12.4. The van der Waals surface area contributed by atoms with Crippen molar-refractivity contribution in [3.05, 3.63) is 47.2 Å². The number of anilines is 1. The smallest absolute Gasteiger partial charge is 0.283 e. The summed E-state index contributed by atoms with van der Waals surface area (Å²) in [5, 5.41) is 2.88. The lowest BCUT2D eigenvalue weighted by Crippen LogP contribution is -2.39. The maximum absolute atomic E-state index is 12.4. The monoisotopic (exact) mass is 354 g/mol. The number of amidine groups is 1. The second-order valence-corrected chi connectivity index (χ2v) is 7.87. The third kappa shape index (κ3) is 2.83. The van der Waals surface area contributed by atoms with Crippen LogP contribution in [-0.2, 0) is 16.7 Å². The topological polar surface area (TPSA) is 103 Å². The quantitative estimate of drug-likeness (QED) is 0.863. The number of ether oxygens (including phenoxy) is 1. The Balaban J connectivity index is 1.69. The molecule has 0 saturated heterocycles. The summed E-state index contributed by atoms with van der Waals surface area (Å²) in [5.41, 5.74) is 8.63. The van der Waals surface area contributed by atoms with Crippen LogP contribution in [-0.4, -0.2) is 23.5 Å². The molecule has 2 heterocycles. The minimum atomic E-state index is -0.494. The molecule has 1 amide bonds. The van der Waals surface area contributed by atoms with Gasteiger partial charge in [-0.25, -0.2) is 9.98 Å². The van der Waals surface area contributed by atoms with Crippen molar-refractivity contribution in [3.8, 4) is 0 Å². The van der Waals surface area contributed by atoms with E-state index in [-0.39, 0.29) is 23.0 Å². The molecule has 1 aromatic heterocycles. The van der Waals surface area contributed by atoms with E-state index in [1.54, 1.807) is 6.92 Å². The summed E-state index contributed by atoms with van der Waals surface area (Å²) in [6, 6.07) is 6.15. The second kappa shape index (κ2) is 5.59. The first-order valence-electron chi connectivity index (χ1n) is 8.61. The lowest BCUT2D eigenvalue weighted by atomic mass is 9.65. The second-order valence-electron chi connectivity index (χ2n) is 7.87. The van der Waals surface area contributed by atoms with Gasteiger partial charge in [-0.1, -0.05) is 19.9 Å².